The first kappa shape index (κ1) is 89.3. The Balaban J connectivity index is 0.000000129. The Bertz CT molecular complexity index is 2530. The SMILES string of the molecule is CC1C2CCC(CC2)[C@H]1C.CC1CCC2(CC1)CC(C)(C)CC(C)(C)C2.CC1CCC2(CC1)CCC(C)(C)CC2.CC1CCC2(CCCCC2)CC1.CCC1(C)CC(C)(C)C(C)(C)C1.CCC12CC3CC(CC(C)(C3)C1)C2.C[C@@H]1C2CCC(CC2)C1(C)C.C[C@H]1CC2CCC1(C)CC2.C[C@H]1CC2CCC1CC2. The molecule has 23 aliphatic rings. The van der Waals surface area contributed by atoms with Gasteiger partial charge in [-0.05, 0) is 421 Å². The Morgan fingerprint density at radius 3 is 1.02 bits per heavy atom. The summed E-state index contributed by atoms with van der Waals surface area (Å²) in [5, 5.41) is 0. The normalized spacial score (nSPS) is 42.6. The zero-order chi connectivity index (χ0) is 78.1. The first-order chi connectivity index (χ1) is 49.9. The molecule has 23 aliphatic carbocycles. The molecule has 23 saturated carbocycles. The monoisotopic (exact) mass is 1480 g/mol. The van der Waals surface area contributed by atoms with E-state index in [4.69, 9.17) is 0 Å². The summed E-state index contributed by atoms with van der Waals surface area (Å²) >= 11 is 0. The van der Waals surface area contributed by atoms with E-state index in [0.29, 0.717) is 43.3 Å². The second-order valence-corrected chi connectivity index (χ2v) is 51.9. The van der Waals surface area contributed by atoms with Crippen LogP contribution in [0.3, 0.4) is 0 Å². The van der Waals surface area contributed by atoms with E-state index >= 15 is 0 Å². The van der Waals surface area contributed by atoms with E-state index in [9.17, 15) is 0 Å². The fourth-order valence-corrected chi connectivity index (χ4v) is 32.0. The predicted molar refractivity (Wildman–Crippen MR) is 473 cm³/mol. The highest BCUT2D eigenvalue weighted by molar-refractivity contribution is 5.07. The molecule has 3 spiro atoms. The highest BCUT2D eigenvalue weighted by atomic mass is 14.6. The number of hydrogen-bond acceptors (Lipinski definition) is 0. The third kappa shape index (κ3) is 23.1. The lowest BCUT2D eigenvalue weighted by Crippen LogP contribution is -2.50. The lowest BCUT2D eigenvalue weighted by Gasteiger charge is -2.61. The summed E-state index contributed by atoms with van der Waals surface area (Å²) in [5.74, 6) is 18.0. The zero-order valence-corrected chi connectivity index (χ0v) is 78.1. The maximum atomic E-state index is 2.56. The van der Waals surface area contributed by atoms with E-state index in [-0.39, 0.29) is 0 Å². The molecular formula is C107H196. The van der Waals surface area contributed by atoms with Gasteiger partial charge in [-0.25, -0.2) is 0 Å². The number of fused-ring (bicyclic) bond motifs is 12. The quantitative estimate of drug-likeness (QED) is 0.259. The Labute approximate surface area is 673 Å². The van der Waals surface area contributed by atoms with Gasteiger partial charge in [-0.15, -0.1) is 0 Å². The first-order valence-corrected chi connectivity index (χ1v) is 49.9. The third-order valence-corrected chi connectivity index (χ3v) is 40.3. The molecule has 0 amide bonds. The van der Waals surface area contributed by atoms with E-state index in [0.717, 1.165) is 128 Å². The molecule has 0 nitrogen and oxygen atoms in total. The van der Waals surface area contributed by atoms with Crippen LogP contribution >= 0.6 is 0 Å². The van der Waals surface area contributed by atoms with Crippen LogP contribution in [0.2, 0.25) is 0 Å². The molecule has 23 fully saturated rings. The molecule has 0 N–H and O–H groups in total. The first-order valence-electron chi connectivity index (χ1n) is 49.9. The minimum absolute atomic E-state index is 0.526. The van der Waals surface area contributed by atoms with Crippen molar-refractivity contribution < 1.29 is 0 Å². The van der Waals surface area contributed by atoms with Crippen molar-refractivity contribution in [2.75, 3.05) is 0 Å². The van der Waals surface area contributed by atoms with Crippen LogP contribution in [0.15, 0.2) is 0 Å². The largest absolute Gasteiger partial charge is 0.0649 e. The molecule has 624 valence electrons. The lowest BCUT2D eigenvalue weighted by molar-refractivity contribution is -0.103. The van der Waals surface area contributed by atoms with Crippen molar-refractivity contribution in [3.8, 4) is 0 Å². The molecule has 23 rings (SSSR count). The molecule has 7 atom stereocenters. The molecule has 0 aromatic rings. The van der Waals surface area contributed by atoms with E-state index in [1.165, 1.54) is 238 Å². The Morgan fingerprint density at radius 2 is 0.701 bits per heavy atom. The zero-order valence-electron chi connectivity index (χ0n) is 78.1. The predicted octanol–water partition coefficient (Wildman–Crippen LogP) is 35.2. The van der Waals surface area contributed by atoms with Crippen molar-refractivity contribution in [2.45, 2.75) is 507 Å². The summed E-state index contributed by atoms with van der Waals surface area (Å²) in [4.78, 5) is 0. The van der Waals surface area contributed by atoms with Crippen LogP contribution in [-0.4, -0.2) is 0 Å². The van der Waals surface area contributed by atoms with Crippen LogP contribution in [0, 0.1) is 171 Å². The molecule has 0 heteroatoms. The molecule has 3 unspecified atom stereocenters. The van der Waals surface area contributed by atoms with Gasteiger partial charge in [0, 0.05) is 0 Å². The average molecular weight is 1480 g/mol. The highest BCUT2D eigenvalue weighted by Gasteiger charge is 2.56. The van der Waals surface area contributed by atoms with Crippen molar-refractivity contribution in [2.24, 2.45) is 171 Å². The van der Waals surface area contributed by atoms with E-state index in [1.54, 1.807) is 96.3 Å². The molecular weight excluding hydrogens is 1290 g/mol. The summed E-state index contributed by atoms with van der Waals surface area (Å²) in [7, 11) is 0. The van der Waals surface area contributed by atoms with Gasteiger partial charge < -0.3 is 0 Å². The van der Waals surface area contributed by atoms with Gasteiger partial charge in [0.05, 0.1) is 0 Å². The summed E-state index contributed by atoms with van der Waals surface area (Å²) < 4.78 is 0. The summed E-state index contributed by atoms with van der Waals surface area (Å²) in [6, 6.07) is 0. The maximum Gasteiger partial charge on any atom is -0.0287 e. The van der Waals surface area contributed by atoms with Crippen molar-refractivity contribution in [3.05, 3.63) is 0 Å². The highest BCUT2D eigenvalue weighted by Crippen LogP contribution is 2.67. The van der Waals surface area contributed by atoms with Crippen LogP contribution in [0.5, 0.6) is 0 Å². The summed E-state index contributed by atoms with van der Waals surface area (Å²) in [5.41, 5.74) is 8.75. The van der Waals surface area contributed by atoms with E-state index in [1.807, 2.05) is 0 Å². The Hall–Kier alpha value is 0. The summed E-state index contributed by atoms with van der Waals surface area (Å²) in [6.07, 6.45) is 78.8. The second-order valence-electron chi connectivity index (χ2n) is 51.9. The third-order valence-electron chi connectivity index (χ3n) is 40.3. The van der Waals surface area contributed by atoms with Gasteiger partial charge in [-0.3, -0.25) is 0 Å². The van der Waals surface area contributed by atoms with Gasteiger partial charge in [-0.2, -0.15) is 0 Å². The fourth-order valence-electron chi connectivity index (χ4n) is 32.0. The van der Waals surface area contributed by atoms with Crippen LogP contribution < -0.4 is 0 Å². The topological polar surface area (TPSA) is 0 Å². The van der Waals surface area contributed by atoms with Crippen LogP contribution in [0.1, 0.15) is 507 Å². The van der Waals surface area contributed by atoms with Gasteiger partial charge in [0.15, 0.2) is 0 Å². The van der Waals surface area contributed by atoms with Crippen molar-refractivity contribution >= 4 is 0 Å². The van der Waals surface area contributed by atoms with Crippen molar-refractivity contribution in [1.82, 2.24) is 0 Å². The van der Waals surface area contributed by atoms with E-state index in [2.05, 4.69) is 173 Å². The minimum atomic E-state index is 0.526. The molecule has 0 aromatic heterocycles. The Kier molecular flexibility index (Phi) is 29.8. The molecule has 0 heterocycles. The van der Waals surface area contributed by atoms with Gasteiger partial charge in [-0.1, -0.05) is 257 Å². The van der Waals surface area contributed by atoms with Crippen molar-refractivity contribution in [1.29, 1.82) is 0 Å². The van der Waals surface area contributed by atoms with Crippen LogP contribution in [-0.2, 0) is 0 Å². The van der Waals surface area contributed by atoms with Gasteiger partial charge in [0.1, 0.15) is 0 Å². The maximum absolute atomic E-state index is 2.56. The average Bonchev–Trinajstić information content (AvgIpc) is 1.23. The van der Waals surface area contributed by atoms with Gasteiger partial charge in [0.2, 0.25) is 0 Å². The van der Waals surface area contributed by atoms with E-state index < -0.39 is 0 Å². The number of rotatable bonds is 2. The Morgan fingerprint density at radius 1 is 0.290 bits per heavy atom. The van der Waals surface area contributed by atoms with Gasteiger partial charge >= 0.3 is 0 Å². The van der Waals surface area contributed by atoms with Gasteiger partial charge in [0.25, 0.3) is 0 Å². The smallest absolute Gasteiger partial charge is 0.0287 e. The standard InChI is InChI=1S/C16H30.C14H26.C13H22.C12H22.C12H24.C11H20.2C10H18.C9H16/c1-13-6-8-16(9-7-13)11-14(2,3)10-15(4,5)12-16;1-12-4-6-14(7-5-12)10-8-13(2,3)9-11-14;1-3-13-7-10-4-11(8-13)6-12(2,5-10)9-13;1-11-5-9-12(10-6-11)7-3-2-4-8-12;1-7-12(6)8-10(2,3)11(4,5)9-12;1-8-9-4-6-10(7-5-9)11(8,2)3;1-8-7-9-3-5-10(8,2)6-4-9;1-7-8(2)10-5-3-9(7)4-6-10;1-7-6-8-2-4-9(7)5-3-8/h13H,6-12H2,1-5H3;12H,4-11H2,1-3H3;10-11H,3-9H2,1-2H3;11H,2-10H2,1H3;7-9H2,1-6H3;8-10H,4-7H2,1-3H3;8-9H,3-7H2,1-2H3;7-10H,3-6H2,1-2H3;7-9H,2-6H2,1H3/t;;;;;2*8-,9?,10?;7-,8?,9?,10?;7-,8?,9?/m.....1000/s1. The molecule has 0 radical (unpaired) electrons. The lowest BCUT2D eigenvalue weighted by atomic mass is 9.44. The molecule has 0 aromatic carbocycles. The molecule has 107 heavy (non-hydrogen) atoms. The fraction of sp³-hybridized carbons (Fsp3) is 1.00. The number of hydrogen-bond donors (Lipinski definition) is 0. The molecule has 12 bridgehead atoms. The minimum Gasteiger partial charge on any atom is -0.0649 e. The molecule has 0 aliphatic heterocycles. The second kappa shape index (κ2) is 35.7. The summed E-state index contributed by atoms with van der Waals surface area (Å²) in [6.45, 7) is 61.4. The molecule has 0 saturated heterocycles. The van der Waals surface area contributed by atoms with Crippen molar-refractivity contribution in [3.63, 3.8) is 0 Å². The van der Waals surface area contributed by atoms with Crippen LogP contribution in [0.4, 0.5) is 0 Å². The van der Waals surface area contributed by atoms with Crippen LogP contribution in [0.25, 0.3) is 0 Å².